The van der Waals surface area contributed by atoms with Crippen LogP contribution in [0.5, 0.6) is 0 Å². The average molecular weight is 283 g/mol. The highest BCUT2D eigenvalue weighted by molar-refractivity contribution is 7.89. The number of carboxylic acid groups (broad SMARTS) is 1. The van der Waals surface area contributed by atoms with Gasteiger partial charge in [0.05, 0.1) is 10.6 Å². The summed E-state index contributed by atoms with van der Waals surface area (Å²) >= 11 is 0. The highest BCUT2D eigenvalue weighted by Gasteiger charge is 2.13. The number of hydrogen-bond donors (Lipinski definition) is 3. The zero-order valence-corrected chi connectivity index (χ0v) is 10.2. The molecular weight excluding hydrogens is 274 g/mol. The lowest BCUT2D eigenvalue weighted by Crippen LogP contribution is -2.16. The summed E-state index contributed by atoms with van der Waals surface area (Å²) in [7, 11) is -3.90. The van der Waals surface area contributed by atoms with E-state index in [1.54, 1.807) is 0 Å². The van der Waals surface area contributed by atoms with Crippen molar-refractivity contribution in [1.82, 2.24) is 9.78 Å². The summed E-state index contributed by atoms with van der Waals surface area (Å²) < 4.78 is 23.3. The number of aromatic nitrogens is 2. The Balaban J connectivity index is 2.60. The van der Waals surface area contributed by atoms with E-state index in [9.17, 15) is 18.0 Å². The molecule has 0 radical (unpaired) electrons. The second-order valence-corrected chi connectivity index (χ2v) is 5.25. The molecule has 0 fully saturated rings. The molecule has 2 aromatic rings. The maximum Gasteiger partial charge on any atom is 0.353 e. The molecule has 4 N–H and O–H groups in total. The molecular formula is C10H9N3O5S. The van der Waals surface area contributed by atoms with Crippen LogP contribution in [0.3, 0.4) is 0 Å². The highest BCUT2D eigenvalue weighted by atomic mass is 32.2. The van der Waals surface area contributed by atoms with Crippen LogP contribution in [0.15, 0.2) is 40.0 Å². The van der Waals surface area contributed by atoms with Gasteiger partial charge in [0, 0.05) is 6.07 Å². The van der Waals surface area contributed by atoms with E-state index in [4.69, 9.17) is 10.2 Å². The molecule has 1 aromatic carbocycles. The quantitative estimate of drug-likeness (QED) is 0.698. The number of sulfonamides is 1. The van der Waals surface area contributed by atoms with Gasteiger partial charge in [-0.05, 0) is 18.2 Å². The van der Waals surface area contributed by atoms with Gasteiger partial charge in [0.25, 0.3) is 5.56 Å². The first-order chi connectivity index (χ1) is 8.79. The largest absolute Gasteiger partial charge is 0.477 e. The first-order valence-corrected chi connectivity index (χ1v) is 6.52. The molecule has 9 heteroatoms. The van der Waals surface area contributed by atoms with Crippen molar-refractivity contribution in [2.75, 3.05) is 0 Å². The summed E-state index contributed by atoms with van der Waals surface area (Å²) in [4.78, 5) is 22.1. The van der Waals surface area contributed by atoms with E-state index in [1.807, 2.05) is 0 Å². The number of carboxylic acids is 1. The fourth-order valence-corrected chi connectivity index (χ4v) is 2.05. The summed E-state index contributed by atoms with van der Waals surface area (Å²) in [6.07, 6.45) is 0. The highest BCUT2D eigenvalue weighted by Crippen LogP contribution is 2.12. The third-order valence-electron chi connectivity index (χ3n) is 2.36. The van der Waals surface area contributed by atoms with E-state index in [1.165, 1.54) is 24.3 Å². The van der Waals surface area contributed by atoms with Crippen molar-refractivity contribution in [3.8, 4) is 5.69 Å². The van der Waals surface area contributed by atoms with E-state index in [0.717, 1.165) is 10.7 Å². The van der Waals surface area contributed by atoms with Gasteiger partial charge in [-0.25, -0.2) is 23.0 Å². The molecule has 0 unspecified atom stereocenters. The number of carbonyl (C=O) groups is 1. The molecule has 1 aromatic heterocycles. The molecule has 19 heavy (non-hydrogen) atoms. The van der Waals surface area contributed by atoms with Crippen molar-refractivity contribution < 1.29 is 18.3 Å². The lowest BCUT2D eigenvalue weighted by molar-refractivity contribution is 0.0690. The number of nitrogens with zero attached hydrogens (tertiary/aromatic N) is 1. The number of H-pyrrole nitrogens is 1. The summed E-state index contributed by atoms with van der Waals surface area (Å²) in [5, 5.41) is 16.1. The number of aromatic amines is 1. The van der Waals surface area contributed by atoms with Crippen LogP contribution in [0.25, 0.3) is 5.69 Å². The Bertz CT molecular complexity index is 803. The van der Waals surface area contributed by atoms with Gasteiger partial charge in [-0.3, -0.25) is 9.89 Å². The van der Waals surface area contributed by atoms with Crippen LogP contribution in [-0.2, 0) is 10.0 Å². The Morgan fingerprint density at radius 3 is 2.53 bits per heavy atom. The van der Waals surface area contributed by atoms with Gasteiger partial charge < -0.3 is 5.11 Å². The van der Waals surface area contributed by atoms with Crippen LogP contribution in [0.1, 0.15) is 10.5 Å². The predicted molar refractivity (Wildman–Crippen MR) is 64.7 cm³/mol. The Morgan fingerprint density at radius 1 is 1.32 bits per heavy atom. The smallest absolute Gasteiger partial charge is 0.353 e. The minimum Gasteiger partial charge on any atom is -0.477 e. The summed E-state index contributed by atoms with van der Waals surface area (Å²) in [5.41, 5.74) is -0.751. The Morgan fingerprint density at radius 2 is 2.00 bits per heavy atom. The average Bonchev–Trinajstić information content (AvgIpc) is 2.71. The molecule has 1 heterocycles. The van der Waals surface area contributed by atoms with Gasteiger partial charge in [-0.2, -0.15) is 0 Å². The van der Waals surface area contributed by atoms with Crippen molar-refractivity contribution in [2.45, 2.75) is 4.90 Å². The monoisotopic (exact) mass is 283 g/mol. The molecule has 0 saturated carbocycles. The van der Waals surface area contributed by atoms with E-state index in [2.05, 4.69) is 5.10 Å². The normalized spacial score (nSPS) is 11.4. The molecule has 0 saturated heterocycles. The van der Waals surface area contributed by atoms with Gasteiger partial charge in [0.2, 0.25) is 10.0 Å². The minimum atomic E-state index is -3.90. The van der Waals surface area contributed by atoms with Crippen molar-refractivity contribution in [3.63, 3.8) is 0 Å². The molecule has 0 aliphatic heterocycles. The van der Waals surface area contributed by atoms with Crippen LogP contribution in [-0.4, -0.2) is 29.3 Å². The fraction of sp³-hybridized carbons (Fsp3) is 0. The second kappa shape index (κ2) is 4.37. The standard InChI is InChI=1S/C10H9N3O5S/c11-19(17,18)7-3-1-2-6(4-7)13-9(14)5-8(12-13)10(15)16/h1-5,12H,(H,15,16)(H2,11,17,18). The summed E-state index contributed by atoms with van der Waals surface area (Å²) in [5.74, 6) is -1.29. The zero-order valence-electron chi connectivity index (χ0n) is 9.40. The van der Waals surface area contributed by atoms with Gasteiger partial charge in [-0.15, -0.1) is 0 Å². The van der Waals surface area contributed by atoms with Crippen molar-refractivity contribution in [2.24, 2.45) is 5.14 Å². The molecule has 0 aliphatic rings. The fourth-order valence-electron chi connectivity index (χ4n) is 1.50. The number of aromatic carboxylic acids is 1. The van der Waals surface area contributed by atoms with Crippen LogP contribution >= 0.6 is 0 Å². The number of nitrogens with two attached hydrogens (primary N) is 1. The van der Waals surface area contributed by atoms with Gasteiger partial charge in [0.1, 0.15) is 5.69 Å². The Kier molecular flexibility index (Phi) is 3.00. The predicted octanol–water partition coefficient (Wildman–Crippen LogP) is -0.489. The number of hydrogen-bond acceptors (Lipinski definition) is 4. The van der Waals surface area contributed by atoms with Crippen LogP contribution < -0.4 is 10.7 Å². The van der Waals surface area contributed by atoms with Crippen molar-refractivity contribution in [1.29, 1.82) is 0 Å². The molecule has 0 amide bonds. The zero-order chi connectivity index (χ0) is 14.2. The molecule has 0 spiro atoms. The van der Waals surface area contributed by atoms with Crippen LogP contribution in [0.2, 0.25) is 0 Å². The molecule has 0 atom stereocenters. The summed E-state index contributed by atoms with van der Waals surface area (Å²) in [6.45, 7) is 0. The van der Waals surface area contributed by atoms with E-state index < -0.39 is 21.6 Å². The van der Waals surface area contributed by atoms with E-state index in [0.29, 0.717) is 0 Å². The first kappa shape index (κ1) is 13.1. The number of nitrogens with one attached hydrogen (secondary N) is 1. The Labute approximate surface area is 107 Å². The SMILES string of the molecule is NS(=O)(=O)c1cccc(-n2[nH]c(C(=O)O)cc2=O)c1. The lowest BCUT2D eigenvalue weighted by Gasteiger charge is -2.04. The maximum absolute atomic E-state index is 11.6. The van der Waals surface area contributed by atoms with Gasteiger partial charge in [-0.1, -0.05) is 6.07 Å². The van der Waals surface area contributed by atoms with E-state index >= 15 is 0 Å². The summed E-state index contributed by atoms with van der Waals surface area (Å²) in [6, 6.07) is 6.16. The molecule has 0 aliphatic carbocycles. The molecule has 2 rings (SSSR count). The lowest BCUT2D eigenvalue weighted by atomic mass is 10.3. The second-order valence-electron chi connectivity index (χ2n) is 3.69. The topological polar surface area (TPSA) is 135 Å². The van der Waals surface area contributed by atoms with Crippen molar-refractivity contribution >= 4 is 16.0 Å². The third kappa shape index (κ3) is 2.56. The first-order valence-electron chi connectivity index (χ1n) is 4.97. The number of benzene rings is 1. The minimum absolute atomic E-state index is 0.170. The molecule has 0 bridgehead atoms. The van der Waals surface area contributed by atoms with Crippen LogP contribution in [0.4, 0.5) is 0 Å². The van der Waals surface area contributed by atoms with Gasteiger partial charge >= 0.3 is 5.97 Å². The third-order valence-corrected chi connectivity index (χ3v) is 3.27. The maximum atomic E-state index is 11.6. The number of primary sulfonamides is 1. The van der Waals surface area contributed by atoms with Gasteiger partial charge in [0.15, 0.2) is 0 Å². The number of rotatable bonds is 3. The van der Waals surface area contributed by atoms with Crippen LogP contribution in [0, 0.1) is 0 Å². The Hall–Kier alpha value is -2.39. The van der Waals surface area contributed by atoms with E-state index in [-0.39, 0.29) is 16.3 Å². The van der Waals surface area contributed by atoms with Crippen molar-refractivity contribution in [3.05, 3.63) is 46.4 Å². The molecule has 8 nitrogen and oxygen atoms in total. The molecule has 100 valence electrons.